The number of aromatic nitrogens is 3. The summed E-state index contributed by atoms with van der Waals surface area (Å²) in [7, 11) is 1.21. The lowest BCUT2D eigenvalue weighted by atomic mass is 9.81. The van der Waals surface area contributed by atoms with Crippen molar-refractivity contribution in [3.05, 3.63) is 70.4 Å². The number of ether oxygens (including phenoxy) is 2. The van der Waals surface area contributed by atoms with Crippen molar-refractivity contribution in [2.24, 2.45) is 5.41 Å². The zero-order valence-corrected chi connectivity index (χ0v) is 34.0. The smallest absolute Gasteiger partial charge is 0.420 e. The Morgan fingerprint density at radius 3 is 2.51 bits per heavy atom. The van der Waals surface area contributed by atoms with Crippen molar-refractivity contribution in [3.8, 4) is 29.0 Å². The van der Waals surface area contributed by atoms with Gasteiger partial charge in [0, 0.05) is 47.3 Å². The van der Waals surface area contributed by atoms with Gasteiger partial charge < -0.3 is 25.8 Å². The van der Waals surface area contributed by atoms with Crippen LogP contribution in [0.2, 0.25) is 5.02 Å². The van der Waals surface area contributed by atoms with Crippen molar-refractivity contribution in [2.45, 2.75) is 64.7 Å². The number of halogens is 8. The predicted molar refractivity (Wildman–Crippen MR) is 215 cm³/mol. The Kier molecular flexibility index (Phi) is 12.2. The maximum Gasteiger partial charge on any atom is 0.420 e. The summed E-state index contributed by atoms with van der Waals surface area (Å²) < 4.78 is 114. The third kappa shape index (κ3) is 8.12. The van der Waals surface area contributed by atoms with E-state index in [1.807, 2.05) is 6.92 Å². The third-order valence-electron chi connectivity index (χ3n) is 10.7. The van der Waals surface area contributed by atoms with E-state index < -0.39 is 57.1 Å². The zero-order valence-electron chi connectivity index (χ0n) is 32.4. The van der Waals surface area contributed by atoms with Crippen molar-refractivity contribution in [2.75, 3.05) is 49.7 Å². The number of anilines is 3. The second-order valence-electron chi connectivity index (χ2n) is 14.7. The molecule has 0 spiro atoms. The molecule has 2 saturated heterocycles. The standard InChI is InChI=1S/C27H17ClF5N7O2S.C10H17F2N.C3H6/c1-41-26-38-20-17-21(42-5-4-40(25(17)39-26)9-10-6-11(28)8-37-23(10)35)18(27(31,32)33)16(19(20)30)12-2-3-14(29)22-15(12)13(7-34)24(36)43-22;1-9(10(2,11)12)6-8-4-3-5-13(8)7-9;1-3-2/h2-3,6,8H,4-5,9,36H2,1H3,(H2,35,37);8H,3-7H2,1-2H3;3H,1H2,2H3. The molecule has 19 heteroatoms. The van der Waals surface area contributed by atoms with Crippen LogP contribution in [-0.4, -0.2) is 65.2 Å². The molecule has 0 amide bonds. The largest absolute Gasteiger partial charge is 0.490 e. The van der Waals surface area contributed by atoms with Crippen molar-refractivity contribution in [1.82, 2.24) is 19.9 Å². The minimum Gasteiger partial charge on any atom is -0.490 e. The molecule has 3 aromatic heterocycles. The number of nitrogens with zero attached hydrogens (tertiary/aromatic N) is 6. The fourth-order valence-corrected chi connectivity index (χ4v) is 8.92. The molecule has 59 heavy (non-hydrogen) atoms. The Labute approximate surface area is 344 Å². The quantitative estimate of drug-likeness (QED) is 0.130. The van der Waals surface area contributed by atoms with Crippen molar-refractivity contribution < 1.29 is 40.2 Å². The van der Waals surface area contributed by atoms with Gasteiger partial charge in [0.1, 0.15) is 52.0 Å². The van der Waals surface area contributed by atoms with E-state index in [1.165, 1.54) is 30.7 Å². The minimum atomic E-state index is -5.19. The summed E-state index contributed by atoms with van der Waals surface area (Å²) in [6.45, 7) is 9.33. The molecule has 3 aliphatic rings. The highest BCUT2D eigenvalue weighted by Crippen LogP contribution is 2.53. The van der Waals surface area contributed by atoms with Crippen LogP contribution in [-0.2, 0) is 12.7 Å². The number of rotatable bonds is 5. The molecule has 6 heterocycles. The lowest BCUT2D eigenvalue weighted by molar-refractivity contribution is -0.138. The summed E-state index contributed by atoms with van der Waals surface area (Å²) in [5, 5.41) is 9.23. The normalized spacial score (nSPS) is 18.9. The maximum atomic E-state index is 16.7. The molecule has 0 saturated carbocycles. The molecule has 314 valence electrons. The van der Waals surface area contributed by atoms with Crippen LogP contribution in [0.4, 0.5) is 47.4 Å². The molecular weight excluding hydrogens is 825 g/mol. The van der Waals surface area contributed by atoms with Crippen LogP contribution in [0.25, 0.3) is 32.1 Å². The van der Waals surface area contributed by atoms with Crippen molar-refractivity contribution >= 4 is 60.6 Å². The summed E-state index contributed by atoms with van der Waals surface area (Å²) >= 11 is 6.75. The van der Waals surface area contributed by atoms with E-state index in [2.05, 4.69) is 26.4 Å². The van der Waals surface area contributed by atoms with E-state index in [0.717, 1.165) is 32.0 Å². The number of hydrogen-bond donors (Lipinski definition) is 2. The van der Waals surface area contributed by atoms with E-state index in [1.54, 1.807) is 19.1 Å². The molecule has 0 radical (unpaired) electrons. The number of fused-ring (bicyclic) bond motifs is 2. The van der Waals surface area contributed by atoms with E-state index >= 15 is 17.6 Å². The molecule has 2 fully saturated rings. The predicted octanol–water partition coefficient (Wildman–Crippen LogP) is 10.0. The van der Waals surface area contributed by atoms with Crippen molar-refractivity contribution in [1.29, 1.82) is 5.26 Å². The maximum absolute atomic E-state index is 16.7. The number of allylic oxidation sites excluding steroid dienone is 1. The lowest BCUT2D eigenvalue weighted by Crippen LogP contribution is -2.38. The molecule has 4 N–H and O–H groups in total. The van der Waals surface area contributed by atoms with Crippen LogP contribution < -0.4 is 25.8 Å². The van der Waals surface area contributed by atoms with Crippen LogP contribution in [0, 0.1) is 28.4 Å². The fourth-order valence-electron chi connectivity index (χ4n) is 7.79. The van der Waals surface area contributed by atoms with Crippen LogP contribution in [0.1, 0.15) is 56.7 Å². The first kappa shape index (κ1) is 43.5. The summed E-state index contributed by atoms with van der Waals surface area (Å²) in [6, 6.07) is 5.28. The number of thiophene rings is 1. The van der Waals surface area contributed by atoms with Gasteiger partial charge >= 0.3 is 12.2 Å². The Morgan fingerprint density at radius 2 is 1.88 bits per heavy atom. The van der Waals surface area contributed by atoms with Crippen LogP contribution >= 0.6 is 22.9 Å². The van der Waals surface area contributed by atoms with Gasteiger partial charge in [-0.25, -0.2) is 22.5 Å². The Bertz CT molecular complexity index is 2460. The molecule has 0 aliphatic carbocycles. The second kappa shape index (κ2) is 16.5. The van der Waals surface area contributed by atoms with Gasteiger partial charge in [-0.1, -0.05) is 30.7 Å². The number of nitriles is 1. The lowest BCUT2D eigenvalue weighted by Gasteiger charge is -2.31. The Hall–Kier alpha value is -5.12. The molecule has 2 aromatic carbocycles. The summed E-state index contributed by atoms with van der Waals surface area (Å²) in [6.07, 6.45) is 0.881. The second-order valence-corrected chi connectivity index (χ2v) is 16.2. The number of alkyl halides is 5. The molecule has 2 atom stereocenters. The number of methoxy groups -OCH3 is 1. The van der Waals surface area contributed by atoms with E-state index in [4.69, 9.17) is 32.5 Å². The SMILES string of the molecule is C=CC.CC(F)(F)C1(C)CC2CCCN2C1.COc1nc2c3c(c(C(F)(F)F)c(-c4ccc(F)c5sc(N)c(C#N)c45)c(F)c3n1)OCCN2Cc1cc(Cl)cnc1N. The number of pyridine rings is 1. The van der Waals surface area contributed by atoms with Gasteiger partial charge in [0.25, 0.3) is 5.92 Å². The van der Waals surface area contributed by atoms with Gasteiger partial charge in [-0.15, -0.1) is 17.9 Å². The van der Waals surface area contributed by atoms with Gasteiger partial charge in [-0.05, 0) is 57.4 Å². The first-order chi connectivity index (χ1) is 27.8. The van der Waals surface area contributed by atoms with Crippen LogP contribution in [0.15, 0.2) is 37.1 Å². The van der Waals surface area contributed by atoms with Gasteiger partial charge in [-0.2, -0.15) is 28.4 Å². The third-order valence-corrected chi connectivity index (χ3v) is 11.9. The number of benzene rings is 2. The van der Waals surface area contributed by atoms with Gasteiger partial charge in [0.2, 0.25) is 0 Å². The summed E-state index contributed by atoms with van der Waals surface area (Å²) in [5.41, 5.74) is 7.84. The minimum absolute atomic E-state index is 0.00934. The van der Waals surface area contributed by atoms with Gasteiger partial charge in [-0.3, -0.25) is 4.90 Å². The molecule has 10 nitrogen and oxygen atoms in total. The van der Waals surface area contributed by atoms with E-state index in [-0.39, 0.29) is 68.4 Å². The van der Waals surface area contributed by atoms with Crippen LogP contribution in [0.5, 0.6) is 11.8 Å². The van der Waals surface area contributed by atoms with Gasteiger partial charge in [0.15, 0.2) is 5.82 Å². The molecule has 2 unspecified atom stereocenters. The fraction of sp³-hybridized carbons (Fsp3) is 0.400. The highest BCUT2D eigenvalue weighted by Gasteiger charge is 2.54. The van der Waals surface area contributed by atoms with Crippen molar-refractivity contribution in [3.63, 3.8) is 0 Å². The molecule has 3 aliphatic heterocycles. The van der Waals surface area contributed by atoms with E-state index in [0.29, 0.717) is 35.9 Å². The monoisotopic (exact) mass is 864 g/mol. The molecule has 8 rings (SSSR count). The zero-order chi connectivity index (χ0) is 43.2. The Balaban J connectivity index is 0.000000305. The average Bonchev–Trinajstić information content (AvgIpc) is 3.81. The van der Waals surface area contributed by atoms with Gasteiger partial charge in [0.05, 0.1) is 34.3 Å². The van der Waals surface area contributed by atoms with Crippen LogP contribution in [0.3, 0.4) is 0 Å². The topological polar surface area (TPSA) is 139 Å². The highest BCUT2D eigenvalue weighted by atomic mass is 35.5. The molecule has 0 bridgehead atoms. The number of hydrogen-bond acceptors (Lipinski definition) is 11. The Morgan fingerprint density at radius 1 is 1.17 bits per heavy atom. The molecular formula is C40H40ClF7N8O2S. The molecule has 5 aromatic rings. The number of nitrogen functional groups attached to an aromatic ring is 2. The first-order valence-corrected chi connectivity index (χ1v) is 19.5. The summed E-state index contributed by atoms with van der Waals surface area (Å²) in [5.74, 6) is -5.52. The highest BCUT2D eigenvalue weighted by molar-refractivity contribution is 7.23. The number of nitrogens with two attached hydrogens (primary N) is 2. The average molecular weight is 865 g/mol. The summed E-state index contributed by atoms with van der Waals surface area (Å²) in [4.78, 5) is 16.1. The first-order valence-electron chi connectivity index (χ1n) is 18.3. The van der Waals surface area contributed by atoms with E-state index in [9.17, 15) is 18.4 Å².